The van der Waals surface area contributed by atoms with E-state index in [1.807, 2.05) is 37.3 Å². The Hall–Kier alpha value is -2.51. The Morgan fingerprint density at radius 3 is 2.69 bits per heavy atom. The van der Waals surface area contributed by atoms with E-state index in [1.165, 1.54) is 11.3 Å². The van der Waals surface area contributed by atoms with Crippen LogP contribution in [0.5, 0.6) is 5.75 Å². The number of aryl methyl sites for hydroxylation is 1. The maximum absolute atomic E-state index is 12.8. The summed E-state index contributed by atoms with van der Waals surface area (Å²) in [5, 5.41) is 11.2. The number of thiophene rings is 1. The number of fused-ring (bicyclic) bond motifs is 1. The second kappa shape index (κ2) is 7.01. The maximum Gasteiger partial charge on any atom is 0.268 e. The Labute approximate surface area is 155 Å². The number of benzene rings is 1. The van der Waals surface area contributed by atoms with Crippen molar-refractivity contribution >= 4 is 27.5 Å². The summed E-state index contributed by atoms with van der Waals surface area (Å²) in [4.78, 5) is 24.6. The highest BCUT2D eigenvalue weighted by Crippen LogP contribution is 2.38. The summed E-state index contributed by atoms with van der Waals surface area (Å²) >= 11 is 1.23. The Bertz CT molecular complexity index is 950. The van der Waals surface area contributed by atoms with E-state index in [9.17, 15) is 9.90 Å². The molecule has 0 radical (unpaired) electrons. The number of rotatable bonds is 3. The Morgan fingerprint density at radius 1 is 1.23 bits per heavy atom. The standard InChI is InChI=1S/C19H19N3O3S/c1-12-15-16(23)17(19(24)22-7-9-25-10-8-22)26-18(15)21-14(20-12)11-13-5-3-2-4-6-13/h2-6,23H,7-11H2,1H3. The SMILES string of the molecule is Cc1nc(Cc2ccccc2)nc2sc(C(=O)N3CCOCC3)c(O)c12. The Kier molecular flexibility index (Phi) is 4.57. The smallest absolute Gasteiger partial charge is 0.268 e. The van der Waals surface area contributed by atoms with Crippen LogP contribution in [-0.4, -0.2) is 52.2 Å². The van der Waals surface area contributed by atoms with Gasteiger partial charge in [0.1, 0.15) is 15.5 Å². The fraction of sp³-hybridized carbons (Fsp3) is 0.316. The van der Waals surface area contributed by atoms with Crippen LogP contribution in [-0.2, 0) is 11.2 Å². The van der Waals surface area contributed by atoms with Crippen molar-refractivity contribution in [2.24, 2.45) is 0 Å². The topological polar surface area (TPSA) is 75.6 Å². The maximum atomic E-state index is 12.8. The molecule has 0 aliphatic carbocycles. The second-order valence-electron chi connectivity index (χ2n) is 6.25. The number of aromatic nitrogens is 2. The van der Waals surface area contributed by atoms with Gasteiger partial charge in [-0.05, 0) is 12.5 Å². The molecule has 0 spiro atoms. The fourth-order valence-corrected chi connectivity index (χ4v) is 4.23. The third-order valence-electron chi connectivity index (χ3n) is 4.45. The molecular weight excluding hydrogens is 350 g/mol. The first-order valence-electron chi connectivity index (χ1n) is 8.53. The first kappa shape index (κ1) is 16.9. The van der Waals surface area contributed by atoms with Gasteiger partial charge in [0.15, 0.2) is 5.75 Å². The van der Waals surface area contributed by atoms with E-state index in [0.29, 0.717) is 59.3 Å². The number of aromatic hydroxyl groups is 1. The third-order valence-corrected chi connectivity index (χ3v) is 5.51. The molecule has 1 amide bonds. The Morgan fingerprint density at radius 2 is 1.96 bits per heavy atom. The van der Waals surface area contributed by atoms with Gasteiger partial charge in [0, 0.05) is 19.5 Å². The van der Waals surface area contributed by atoms with Gasteiger partial charge in [-0.2, -0.15) is 0 Å². The predicted molar refractivity (Wildman–Crippen MR) is 99.8 cm³/mol. The molecule has 1 aliphatic heterocycles. The lowest BCUT2D eigenvalue weighted by Crippen LogP contribution is -2.40. The molecule has 0 saturated carbocycles. The number of morpholine rings is 1. The summed E-state index contributed by atoms with van der Waals surface area (Å²) in [6.45, 7) is 3.97. The van der Waals surface area contributed by atoms with Gasteiger partial charge in [-0.25, -0.2) is 9.97 Å². The van der Waals surface area contributed by atoms with Crippen molar-refractivity contribution < 1.29 is 14.6 Å². The van der Waals surface area contributed by atoms with E-state index >= 15 is 0 Å². The zero-order chi connectivity index (χ0) is 18.1. The minimum absolute atomic E-state index is 0.00903. The van der Waals surface area contributed by atoms with Gasteiger partial charge in [0.2, 0.25) is 0 Å². The average Bonchev–Trinajstić information content (AvgIpc) is 2.99. The van der Waals surface area contributed by atoms with Crippen molar-refractivity contribution in [3.63, 3.8) is 0 Å². The minimum Gasteiger partial charge on any atom is -0.505 e. The van der Waals surface area contributed by atoms with Crippen molar-refractivity contribution in [2.75, 3.05) is 26.3 Å². The summed E-state index contributed by atoms with van der Waals surface area (Å²) in [6, 6.07) is 10.00. The number of ether oxygens (including phenoxy) is 1. The fourth-order valence-electron chi connectivity index (χ4n) is 3.12. The molecule has 134 valence electrons. The van der Waals surface area contributed by atoms with Crippen LogP contribution < -0.4 is 0 Å². The monoisotopic (exact) mass is 369 g/mol. The van der Waals surface area contributed by atoms with Crippen LogP contribution in [0.3, 0.4) is 0 Å². The van der Waals surface area contributed by atoms with Crippen LogP contribution in [0.2, 0.25) is 0 Å². The van der Waals surface area contributed by atoms with Crippen LogP contribution in [0.15, 0.2) is 30.3 Å². The first-order chi connectivity index (χ1) is 12.6. The highest BCUT2D eigenvalue weighted by Gasteiger charge is 2.26. The highest BCUT2D eigenvalue weighted by atomic mass is 32.1. The summed E-state index contributed by atoms with van der Waals surface area (Å²) in [5.41, 5.74) is 1.81. The Balaban J connectivity index is 1.69. The zero-order valence-electron chi connectivity index (χ0n) is 14.4. The summed E-state index contributed by atoms with van der Waals surface area (Å²) in [5.74, 6) is 0.510. The molecule has 1 saturated heterocycles. The van der Waals surface area contributed by atoms with Crippen molar-refractivity contribution in [3.8, 4) is 5.75 Å². The van der Waals surface area contributed by atoms with E-state index in [0.717, 1.165) is 5.56 Å². The molecule has 3 heterocycles. The van der Waals surface area contributed by atoms with Gasteiger partial charge >= 0.3 is 0 Å². The molecule has 3 aromatic rings. The van der Waals surface area contributed by atoms with Crippen molar-refractivity contribution in [3.05, 3.63) is 52.3 Å². The van der Waals surface area contributed by atoms with Gasteiger partial charge in [0.25, 0.3) is 5.91 Å². The van der Waals surface area contributed by atoms with Crippen molar-refractivity contribution in [1.29, 1.82) is 0 Å². The molecular formula is C19H19N3O3S. The van der Waals surface area contributed by atoms with Crippen LogP contribution in [0.25, 0.3) is 10.2 Å². The number of carbonyl (C=O) groups is 1. The van der Waals surface area contributed by atoms with Gasteiger partial charge in [-0.3, -0.25) is 4.79 Å². The van der Waals surface area contributed by atoms with E-state index in [1.54, 1.807) is 4.90 Å². The van der Waals surface area contributed by atoms with E-state index in [2.05, 4.69) is 9.97 Å². The molecule has 1 aromatic carbocycles. The van der Waals surface area contributed by atoms with E-state index in [-0.39, 0.29) is 11.7 Å². The molecule has 1 aliphatic rings. The number of carbonyl (C=O) groups excluding carboxylic acids is 1. The largest absolute Gasteiger partial charge is 0.505 e. The summed E-state index contributed by atoms with van der Waals surface area (Å²) < 4.78 is 5.29. The van der Waals surface area contributed by atoms with Crippen molar-refractivity contribution in [1.82, 2.24) is 14.9 Å². The lowest BCUT2D eigenvalue weighted by molar-refractivity contribution is 0.0304. The lowest BCUT2D eigenvalue weighted by atomic mass is 10.1. The number of hydrogen-bond donors (Lipinski definition) is 1. The second-order valence-corrected chi connectivity index (χ2v) is 7.25. The highest BCUT2D eigenvalue weighted by molar-refractivity contribution is 7.20. The molecule has 1 N–H and O–H groups in total. The normalized spacial score (nSPS) is 14.7. The first-order valence-corrected chi connectivity index (χ1v) is 9.35. The van der Waals surface area contributed by atoms with Gasteiger partial charge in [-0.1, -0.05) is 30.3 Å². The van der Waals surface area contributed by atoms with Gasteiger partial charge < -0.3 is 14.7 Å². The number of amides is 1. The van der Waals surface area contributed by atoms with Crippen molar-refractivity contribution in [2.45, 2.75) is 13.3 Å². The zero-order valence-corrected chi connectivity index (χ0v) is 15.3. The number of hydrogen-bond acceptors (Lipinski definition) is 6. The molecule has 0 bridgehead atoms. The van der Waals surface area contributed by atoms with Crippen LogP contribution in [0, 0.1) is 6.92 Å². The molecule has 1 fully saturated rings. The summed E-state index contributed by atoms with van der Waals surface area (Å²) in [7, 11) is 0. The van der Waals surface area contributed by atoms with Gasteiger partial charge in [-0.15, -0.1) is 11.3 Å². The average molecular weight is 369 g/mol. The van der Waals surface area contributed by atoms with E-state index in [4.69, 9.17) is 4.74 Å². The quantitative estimate of drug-likeness (QED) is 0.768. The molecule has 0 unspecified atom stereocenters. The molecule has 0 atom stereocenters. The van der Waals surface area contributed by atoms with E-state index < -0.39 is 0 Å². The van der Waals surface area contributed by atoms with Crippen LogP contribution in [0.1, 0.15) is 26.8 Å². The molecule has 6 nitrogen and oxygen atoms in total. The van der Waals surface area contributed by atoms with Crippen LogP contribution >= 0.6 is 11.3 Å². The molecule has 2 aromatic heterocycles. The minimum atomic E-state index is -0.169. The summed E-state index contributed by atoms with van der Waals surface area (Å²) in [6.07, 6.45) is 0.614. The molecule has 7 heteroatoms. The predicted octanol–water partition coefficient (Wildman–Crippen LogP) is 2.77. The third kappa shape index (κ3) is 3.15. The lowest BCUT2D eigenvalue weighted by Gasteiger charge is -2.26. The molecule has 4 rings (SSSR count). The van der Waals surface area contributed by atoms with Gasteiger partial charge in [0.05, 0.1) is 24.3 Å². The van der Waals surface area contributed by atoms with Crippen LogP contribution in [0.4, 0.5) is 0 Å². The number of nitrogens with zero attached hydrogens (tertiary/aromatic N) is 3. The molecule has 26 heavy (non-hydrogen) atoms.